The first-order chi connectivity index (χ1) is 12.9. The molecule has 1 saturated heterocycles. The van der Waals surface area contributed by atoms with Crippen LogP contribution in [-0.4, -0.2) is 51.1 Å². The number of aryl methyl sites for hydroxylation is 3. The van der Waals surface area contributed by atoms with Crippen LogP contribution >= 0.6 is 0 Å². The largest absolute Gasteiger partial charge is 0.310 e. The quantitative estimate of drug-likeness (QED) is 0.836. The summed E-state index contributed by atoms with van der Waals surface area (Å²) in [6.07, 6.45) is 1.70. The van der Waals surface area contributed by atoms with E-state index >= 15 is 0 Å². The van der Waals surface area contributed by atoms with Crippen LogP contribution in [0.3, 0.4) is 0 Å². The molecule has 2 aromatic heterocycles. The van der Waals surface area contributed by atoms with Gasteiger partial charge in [-0.25, -0.2) is 4.98 Å². The van der Waals surface area contributed by atoms with E-state index in [9.17, 15) is 9.59 Å². The second kappa shape index (κ2) is 8.30. The molecule has 3 heterocycles. The topological polar surface area (TPSA) is 92.2 Å². The van der Waals surface area contributed by atoms with Gasteiger partial charge in [-0.2, -0.15) is 5.10 Å². The summed E-state index contributed by atoms with van der Waals surface area (Å²) < 4.78 is 1.65. The Morgan fingerprint density at radius 1 is 1.22 bits per heavy atom. The summed E-state index contributed by atoms with van der Waals surface area (Å²) in [6, 6.07) is 7.38. The Bertz CT molecular complexity index is 831. The fourth-order valence-corrected chi connectivity index (χ4v) is 3.37. The first-order valence-corrected chi connectivity index (χ1v) is 9.18. The molecule has 0 bridgehead atoms. The van der Waals surface area contributed by atoms with E-state index in [0.29, 0.717) is 18.2 Å². The minimum atomic E-state index is -0.146. The van der Waals surface area contributed by atoms with Crippen molar-refractivity contribution in [1.29, 1.82) is 0 Å². The number of aromatic nitrogens is 3. The van der Waals surface area contributed by atoms with Crippen molar-refractivity contribution in [3.63, 3.8) is 0 Å². The van der Waals surface area contributed by atoms with Crippen LogP contribution in [0.15, 0.2) is 24.3 Å². The SMILES string of the molecule is Cc1cccc(NC(=O)C2CCCN(CC(=O)Nc3cc(C)nn3C)C2)n1. The molecule has 27 heavy (non-hydrogen) atoms. The van der Waals surface area contributed by atoms with E-state index in [1.54, 1.807) is 17.8 Å². The van der Waals surface area contributed by atoms with E-state index in [2.05, 4.69) is 20.7 Å². The number of nitrogens with zero attached hydrogens (tertiary/aromatic N) is 4. The van der Waals surface area contributed by atoms with Gasteiger partial charge in [-0.05, 0) is 45.4 Å². The molecule has 0 aliphatic carbocycles. The van der Waals surface area contributed by atoms with Crippen LogP contribution in [0.2, 0.25) is 0 Å². The van der Waals surface area contributed by atoms with E-state index in [1.165, 1.54) is 0 Å². The number of hydrogen-bond acceptors (Lipinski definition) is 5. The highest BCUT2D eigenvalue weighted by atomic mass is 16.2. The monoisotopic (exact) mass is 370 g/mol. The number of pyridine rings is 1. The van der Waals surface area contributed by atoms with Gasteiger partial charge in [-0.15, -0.1) is 0 Å². The number of rotatable bonds is 5. The van der Waals surface area contributed by atoms with Gasteiger partial charge in [0.05, 0.1) is 18.2 Å². The molecule has 0 spiro atoms. The minimum Gasteiger partial charge on any atom is -0.310 e. The zero-order valence-corrected chi connectivity index (χ0v) is 16.0. The van der Waals surface area contributed by atoms with Crippen molar-refractivity contribution in [2.45, 2.75) is 26.7 Å². The van der Waals surface area contributed by atoms with Crippen molar-refractivity contribution in [2.75, 3.05) is 30.3 Å². The van der Waals surface area contributed by atoms with Gasteiger partial charge in [0, 0.05) is 25.4 Å². The molecule has 2 aromatic rings. The maximum Gasteiger partial charge on any atom is 0.239 e. The smallest absolute Gasteiger partial charge is 0.239 e. The molecule has 1 aliphatic heterocycles. The van der Waals surface area contributed by atoms with Crippen molar-refractivity contribution in [1.82, 2.24) is 19.7 Å². The molecule has 3 rings (SSSR count). The van der Waals surface area contributed by atoms with Gasteiger partial charge in [0.1, 0.15) is 11.6 Å². The lowest BCUT2D eigenvalue weighted by Gasteiger charge is -2.31. The van der Waals surface area contributed by atoms with E-state index in [0.717, 1.165) is 30.8 Å². The molecule has 8 nitrogen and oxygen atoms in total. The van der Waals surface area contributed by atoms with E-state index in [4.69, 9.17) is 0 Å². The van der Waals surface area contributed by atoms with Crippen LogP contribution in [0.1, 0.15) is 24.2 Å². The lowest BCUT2D eigenvalue weighted by Crippen LogP contribution is -2.44. The summed E-state index contributed by atoms with van der Waals surface area (Å²) >= 11 is 0. The summed E-state index contributed by atoms with van der Waals surface area (Å²) in [5.41, 5.74) is 1.72. The molecular weight excluding hydrogens is 344 g/mol. The summed E-state index contributed by atoms with van der Waals surface area (Å²) in [5.74, 6) is 0.962. The number of anilines is 2. The Kier molecular flexibility index (Phi) is 5.85. The Hall–Kier alpha value is -2.74. The number of carbonyl (C=O) groups is 2. The van der Waals surface area contributed by atoms with Crippen molar-refractivity contribution >= 4 is 23.5 Å². The van der Waals surface area contributed by atoms with Crippen LogP contribution < -0.4 is 10.6 Å². The summed E-state index contributed by atoms with van der Waals surface area (Å²) in [4.78, 5) is 31.2. The Morgan fingerprint density at radius 3 is 2.74 bits per heavy atom. The number of piperidine rings is 1. The number of nitrogens with one attached hydrogen (secondary N) is 2. The third-order valence-corrected chi connectivity index (χ3v) is 4.65. The average Bonchev–Trinajstić information content (AvgIpc) is 2.92. The molecular formula is C19H26N6O2. The highest BCUT2D eigenvalue weighted by Crippen LogP contribution is 2.18. The maximum atomic E-state index is 12.6. The Balaban J connectivity index is 1.53. The summed E-state index contributed by atoms with van der Waals surface area (Å²) in [7, 11) is 1.79. The van der Waals surface area contributed by atoms with Crippen LogP contribution in [0.25, 0.3) is 0 Å². The predicted octanol–water partition coefficient (Wildman–Crippen LogP) is 1.72. The van der Waals surface area contributed by atoms with Crippen molar-refractivity contribution < 1.29 is 9.59 Å². The predicted molar refractivity (Wildman–Crippen MR) is 103 cm³/mol. The molecule has 8 heteroatoms. The Labute approximate surface area is 159 Å². The zero-order valence-electron chi connectivity index (χ0n) is 16.0. The Morgan fingerprint density at radius 2 is 2.04 bits per heavy atom. The standard InChI is InChI=1S/C19H26N6O2/c1-13-6-4-8-16(20-13)21-19(27)15-7-5-9-25(11-15)12-18(26)22-17-10-14(2)23-24(17)3/h4,6,8,10,15H,5,7,9,11-12H2,1-3H3,(H,22,26)(H,20,21,27). The lowest BCUT2D eigenvalue weighted by atomic mass is 9.97. The van der Waals surface area contributed by atoms with Gasteiger partial charge in [0.15, 0.2) is 0 Å². The highest BCUT2D eigenvalue weighted by molar-refractivity contribution is 5.93. The number of carbonyl (C=O) groups excluding carboxylic acids is 2. The van der Waals surface area contributed by atoms with Crippen LogP contribution in [0.4, 0.5) is 11.6 Å². The number of hydrogen-bond donors (Lipinski definition) is 2. The molecule has 144 valence electrons. The molecule has 0 aromatic carbocycles. The zero-order chi connectivity index (χ0) is 19.4. The molecule has 0 saturated carbocycles. The molecule has 2 N–H and O–H groups in total. The summed E-state index contributed by atoms with van der Waals surface area (Å²) in [6.45, 7) is 5.41. The van der Waals surface area contributed by atoms with Gasteiger partial charge in [-0.3, -0.25) is 19.2 Å². The van der Waals surface area contributed by atoms with Crippen LogP contribution in [-0.2, 0) is 16.6 Å². The van der Waals surface area contributed by atoms with E-state index in [1.807, 2.05) is 36.9 Å². The van der Waals surface area contributed by atoms with Crippen molar-refractivity contribution in [3.05, 3.63) is 35.7 Å². The molecule has 1 aliphatic rings. The average molecular weight is 370 g/mol. The van der Waals surface area contributed by atoms with Gasteiger partial charge < -0.3 is 10.6 Å². The maximum absolute atomic E-state index is 12.6. The van der Waals surface area contributed by atoms with Crippen molar-refractivity contribution in [2.24, 2.45) is 13.0 Å². The molecule has 1 atom stereocenters. The van der Waals surface area contributed by atoms with Gasteiger partial charge in [-0.1, -0.05) is 6.07 Å². The highest BCUT2D eigenvalue weighted by Gasteiger charge is 2.27. The third kappa shape index (κ3) is 5.13. The first kappa shape index (κ1) is 19.0. The van der Waals surface area contributed by atoms with E-state index < -0.39 is 0 Å². The second-order valence-electron chi connectivity index (χ2n) is 7.07. The van der Waals surface area contributed by atoms with Gasteiger partial charge in [0.2, 0.25) is 11.8 Å². The number of amides is 2. The number of likely N-dealkylation sites (tertiary alicyclic amines) is 1. The van der Waals surface area contributed by atoms with Crippen molar-refractivity contribution in [3.8, 4) is 0 Å². The van der Waals surface area contributed by atoms with Gasteiger partial charge in [0.25, 0.3) is 0 Å². The lowest BCUT2D eigenvalue weighted by molar-refractivity contribution is -0.123. The normalized spacial score (nSPS) is 17.5. The fraction of sp³-hybridized carbons (Fsp3) is 0.474. The third-order valence-electron chi connectivity index (χ3n) is 4.65. The minimum absolute atomic E-state index is 0.0412. The van der Waals surface area contributed by atoms with Crippen LogP contribution in [0, 0.1) is 19.8 Å². The van der Waals surface area contributed by atoms with Gasteiger partial charge >= 0.3 is 0 Å². The fourth-order valence-electron chi connectivity index (χ4n) is 3.37. The van der Waals surface area contributed by atoms with E-state index in [-0.39, 0.29) is 24.3 Å². The molecule has 2 amide bonds. The molecule has 0 radical (unpaired) electrons. The van der Waals surface area contributed by atoms with Crippen LogP contribution in [0.5, 0.6) is 0 Å². The summed E-state index contributed by atoms with van der Waals surface area (Å²) in [5, 5.41) is 9.99. The molecule has 1 unspecified atom stereocenters. The molecule has 1 fully saturated rings. The second-order valence-corrected chi connectivity index (χ2v) is 7.07. The first-order valence-electron chi connectivity index (χ1n) is 9.18.